The van der Waals surface area contributed by atoms with Crippen molar-refractivity contribution in [3.05, 3.63) is 63.6 Å². The van der Waals surface area contributed by atoms with Gasteiger partial charge in [0.2, 0.25) is 0 Å². The Hall–Kier alpha value is -1.81. The maximum absolute atomic E-state index is 12.2. The fraction of sp³-hybridized carbons (Fsp3) is 0.133. The molecular weight excluding hydrogens is 304 g/mol. The number of hydrogen-bond acceptors (Lipinski definition) is 2. The van der Waals surface area contributed by atoms with Gasteiger partial charge in [-0.2, -0.15) is 0 Å². The minimum absolute atomic E-state index is 0.0433. The zero-order valence-electron chi connectivity index (χ0n) is 10.4. The highest BCUT2D eigenvalue weighted by atomic mass is 79.9. The Bertz CT molecular complexity index is 654. The monoisotopic (exact) mass is 316 g/mol. The first kappa shape index (κ1) is 12.2. The van der Waals surface area contributed by atoms with Crippen LogP contribution in [0.4, 0.5) is 5.69 Å². The van der Waals surface area contributed by atoms with Crippen LogP contribution in [0.25, 0.3) is 0 Å². The lowest BCUT2D eigenvalue weighted by Gasteiger charge is -2.29. The summed E-state index contributed by atoms with van der Waals surface area (Å²) in [5.74, 6) is -0.0433. The van der Waals surface area contributed by atoms with Gasteiger partial charge in [-0.05, 0) is 24.6 Å². The predicted molar refractivity (Wildman–Crippen MR) is 79.2 cm³/mol. The summed E-state index contributed by atoms with van der Waals surface area (Å²) in [4.78, 5) is 12.2. The Labute approximate surface area is 120 Å². The standard InChI is InChI=1S/C15H13BrN2O/c1-9-5-4-7-11-13(9)17-14(18-15(11)19)10-6-2-3-8-12(10)16/h2-8,14,17H,1H3,(H,18,19). The molecule has 1 heterocycles. The lowest BCUT2D eigenvalue weighted by atomic mass is 10.0. The van der Waals surface area contributed by atoms with Crippen LogP contribution in [0.1, 0.15) is 27.7 Å². The van der Waals surface area contributed by atoms with Gasteiger partial charge >= 0.3 is 0 Å². The van der Waals surface area contributed by atoms with Crippen LogP contribution in [0.2, 0.25) is 0 Å². The summed E-state index contributed by atoms with van der Waals surface area (Å²) >= 11 is 3.52. The number of benzene rings is 2. The first-order chi connectivity index (χ1) is 9.16. The first-order valence-corrected chi connectivity index (χ1v) is 6.87. The molecule has 19 heavy (non-hydrogen) atoms. The van der Waals surface area contributed by atoms with Crippen LogP contribution in [0.15, 0.2) is 46.9 Å². The van der Waals surface area contributed by atoms with Crippen LogP contribution in [0.3, 0.4) is 0 Å². The van der Waals surface area contributed by atoms with E-state index < -0.39 is 0 Å². The van der Waals surface area contributed by atoms with Gasteiger partial charge in [0.25, 0.3) is 5.91 Å². The second-order valence-electron chi connectivity index (χ2n) is 4.57. The van der Waals surface area contributed by atoms with E-state index in [2.05, 4.69) is 26.6 Å². The molecule has 0 bridgehead atoms. The third-order valence-corrected chi connectivity index (χ3v) is 4.02. The van der Waals surface area contributed by atoms with Crippen molar-refractivity contribution in [2.45, 2.75) is 13.1 Å². The Morgan fingerprint density at radius 3 is 2.63 bits per heavy atom. The Morgan fingerprint density at radius 2 is 1.84 bits per heavy atom. The molecule has 2 aromatic carbocycles. The number of amides is 1. The van der Waals surface area contributed by atoms with Gasteiger partial charge in [-0.3, -0.25) is 4.79 Å². The van der Waals surface area contributed by atoms with Crippen molar-refractivity contribution in [3.63, 3.8) is 0 Å². The minimum atomic E-state index is -0.211. The molecule has 0 radical (unpaired) electrons. The van der Waals surface area contributed by atoms with Gasteiger partial charge in [0.15, 0.2) is 0 Å². The average Bonchev–Trinajstić information content (AvgIpc) is 2.40. The lowest BCUT2D eigenvalue weighted by Crippen LogP contribution is -2.38. The average molecular weight is 317 g/mol. The largest absolute Gasteiger partial charge is 0.361 e. The molecule has 0 aliphatic carbocycles. The number of nitrogens with one attached hydrogen (secondary N) is 2. The summed E-state index contributed by atoms with van der Waals surface area (Å²) < 4.78 is 0.977. The van der Waals surface area contributed by atoms with E-state index in [9.17, 15) is 4.79 Å². The number of hydrogen-bond donors (Lipinski definition) is 2. The molecule has 1 atom stereocenters. The molecule has 1 unspecified atom stereocenters. The van der Waals surface area contributed by atoms with Gasteiger partial charge in [0, 0.05) is 10.0 Å². The van der Waals surface area contributed by atoms with Crippen LogP contribution in [-0.2, 0) is 0 Å². The molecule has 2 N–H and O–H groups in total. The molecule has 96 valence electrons. The number of carbonyl (C=O) groups is 1. The van der Waals surface area contributed by atoms with Gasteiger partial charge < -0.3 is 10.6 Å². The highest BCUT2D eigenvalue weighted by Gasteiger charge is 2.26. The SMILES string of the molecule is Cc1cccc2c1NC(c1ccccc1Br)NC2=O. The highest BCUT2D eigenvalue weighted by Crippen LogP contribution is 2.31. The summed E-state index contributed by atoms with van der Waals surface area (Å²) in [6, 6.07) is 13.6. The summed E-state index contributed by atoms with van der Waals surface area (Å²) in [5.41, 5.74) is 3.70. The van der Waals surface area contributed by atoms with Crippen molar-refractivity contribution < 1.29 is 4.79 Å². The fourth-order valence-electron chi connectivity index (χ4n) is 2.30. The van der Waals surface area contributed by atoms with Crippen molar-refractivity contribution in [1.82, 2.24) is 5.32 Å². The second kappa shape index (κ2) is 4.70. The van der Waals surface area contributed by atoms with E-state index >= 15 is 0 Å². The van der Waals surface area contributed by atoms with Crippen molar-refractivity contribution in [3.8, 4) is 0 Å². The van der Waals surface area contributed by atoms with Crippen LogP contribution < -0.4 is 10.6 Å². The van der Waals surface area contributed by atoms with E-state index in [4.69, 9.17) is 0 Å². The van der Waals surface area contributed by atoms with Crippen LogP contribution in [0, 0.1) is 6.92 Å². The topological polar surface area (TPSA) is 41.1 Å². The molecule has 0 aromatic heterocycles. The van der Waals surface area contributed by atoms with Gasteiger partial charge in [0.1, 0.15) is 6.17 Å². The van der Waals surface area contributed by atoms with Crippen molar-refractivity contribution in [2.75, 3.05) is 5.32 Å². The van der Waals surface area contributed by atoms with E-state index in [1.807, 2.05) is 49.4 Å². The smallest absolute Gasteiger partial charge is 0.255 e. The zero-order chi connectivity index (χ0) is 13.4. The molecule has 0 fully saturated rings. The number of fused-ring (bicyclic) bond motifs is 1. The van der Waals surface area contributed by atoms with Crippen molar-refractivity contribution >= 4 is 27.5 Å². The molecule has 0 spiro atoms. The van der Waals surface area contributed by atoms with Crippen molar-refractivity contribution in [1.29, 1.82) is 0 Å². The molecule has 1 amide bonds. The molecule has 3 rings (SSSR count). The van der Waals surface area contributed by atoms with Gasteiger partial charge in [-0.25, -0.2) is 0 Å². The first-order valence-electron chi connectivity index (χ1n) is 6.08. The molecule has 2 aromatic rings. The summed E-state index contributed by atoms with van der Waals surface area (Å²) in [6.45, 7) is 2.00. The third kappa shape index (κ3) is 2.12. The molecular formula is C15H13BrN2O. The Kier molecular flexibility index (Phi) is 3.03. The quantitative estimate of drug-likeness (QED) is 0.843. The van der Waals surface area contributed by atoms with E-state index in [0.717, 1.165) is 21.3 Å². The highest BCUT2D eigenvalue weighted by molar-refractivity contribution is 9.10. The molecule has 1 aliphatic rings. The molecule has 0 saturated heterocycles. The maximum atomic E-state index is 12.2. The predicted octanol–water partition coefficient (Wildman–Crippen LogP) is 3.61. The van der Waals surface area contributed by atoms with Crippen LogP contribution in [0.5, 0.6) is 0 Å². The van der Waals surface area contributed by atoms with E-state index in [1.165, 1.54) is 0 Å². The van der Waals surface area contributed by atoms with E-state index in [-0.39, 0.29) is 12.1 Å². The molecule has 1 aliphatic heterocycles. The number of carbonyl (C=O) groups excluding carboxylic acids is 1. The van der Waals surface area contributed by atoms with Gasteiger partial charge in [-0.1, -0.05) is 46.3 Å². The van der Waals surface area contributed by atoms with Crippen molar-refractivity contribution in [2.24, 2.45) is 0 Å². The van der Waals surface area contributed by atoms with E-state index in [1.54, 1.807) is 0 Å². The van der Waals surface area contributed by atoms with Gasteiger partial charge in [-0.15, -0.1) is 0 Å². The minimum Gasteiger partial charge on any atom is -0.361 e. The summed E-state index contributed by atoms with van der Waals surface area (Å²) in [6.07, 6.45) is -0.211. The normalized spacial score (nSPS) is 17.4. The lowest BCUT2D eigenvalue weighted by molar-refractivity contribution is 0.0935. The van der Waals surface area contributed by atoms with Crippen LogP contribution >= 0.6 is 15.9 Å². The van der Waals surface area contributed by atoms with Crippen LogP contribution in [-0.4, -0.2) is 5.91 Å². The number of aryl methyl sites for hydroxylation is 1. The molecule has 0 saturated carbocycles. The third-order valence-electron chi connectivity index (χ3n) is 3.30. The maximum Gasteiger partial charge on any atom is 0.255 e. The van der Waals surface area contributed by atoms with Gasteiger partial charge in [0.05, 0.1) is 11.3 Å². The molecule has 3 nitrogen and oxygen atoms in total. The number of halogens is 1. The Balaban J connectivity index is 2.04. The fourth-order valence-corrected chi connectivity index (χ4v) is 2.82. The number of para-hydroxylation sites is 1. The second-order valence-corrected chi connectivity index (χ2v) is 5.42. The van der Waals surface area contributed by atoms with E-state index in [0.29, 0.717) is 5.56 Å². The summed E-state index contributed by atoms with van der Waals surface area (Å²) in [7, 11) is 0. The summed E-state index contributed by atoms with van der Waals surface area (Å²) in [5, 5.41) is 6.37. The Morgan fingerprint density at radius 1 is 1.05 bits per heavy atom. The molecule has 4 heteroatoms. The zero-order valence-corrected chi connectivity index (χ0v) is 12.0. The number of rotatable bonds is 1. The number of anilines is 1.